The molecule has 0 saturated carbocycles. The highest BCUT2D eigenvalue weighted by molar-refractivity contribution is 5.12. The molecule has 3 rings (SSSR count). The second kappa shape index (κ2) is 10.2. The Morgan fingerprint density at radius 1 is 0.697 bits per heavy atom. The quantitative estimate of drug-likeness (QED) is 0.172. The summed E-state index contributed by atoms with van der Waals surface area (Å²) in [5.41, 5.74) is -2.85. The predicted octanol–water partition coefficient (Wildman–Crippen LogP) is -7.16. The molecule has 0 unspecified atom stereocenters. The van der Waals surface area contributed by atoms with Crippen molar-refractivity contribution >= 4 is 0 Å². The molecule has 3 fully saturated rings. The molecular weight excluding hydrogens is 456 g/mol. The molecule has 194 valence electrons. The van der Waals surface area contributed by atoms with E-state index in [-0.39, 0.29) is 0 Å². The molecule has 15 nitrogen and oxygen atoms in total. The van der Waals surface area contributed by atoms with Crippen LogP contribution in [0.2, 0.25) is 0 Å². The van der Waals surface area contributed by atoms with Crippen LogP contribution in [0.15, 0.2) is 0 Å². The van der Waals surface area contributed by atoms with Gasteiger partial charge in [0.05, 0.1) is 19.3 Å². The van der Waals surface area contributed by atoms with E-state index in [1.165, 1.54) is 6.92 Å². The Bertz CT molecular complexity index is 652. The van der Waals surface area contributed by atoms with Crippen LogP contribution in [0.25, 0.3) is 0 Å². The van der Waals surface area contributed by atoms with Gasteiger partial charge in [-0.1, -0.05) is 0 Å². The lowest BCUT2D eigenvalue weighted by atomic mass is 9.74. The summed E-state index contributed by atoms with van der Waals surface area (Å²) in [5.74, 6) is 0. The molecule has 0 aromatic rings. The molecule has 15 heteroatoms. The zero-order valence-electron chi connectivity index (χ0n) is 17.5. The van der Waals surface area contributed by atoms with Gasteiger partial charge < -0.3 is 75.1 Å². The van der Waals surface area contributed by atoms with Crippen LogP contribution in [-0.4, -0.2) is 161 Å². The van der Waals surface area contributed by atoms with Gasteiger partial charge in [0, 0.05) is 0 Å². The van der Waals surface area contributed by atoms with E-state index >= 15 is 0 Å². The number of aliphatic hydroxyl groups is 11. The van der Waals surface area contributed by atoms with Crippen LogP contribution in [0.4, 0.5) is 0 Å². The Morgan fingerprint density at radius 3 is 1.85 bits per heavy atom. The van der Waals surface area contributed by atoms with E-state index in [2.05, 4.69) is 0 Å². The molecular formula is C18H32O15. The van der Waals surface area contributed by atoms with Gasteiger partial charge in [-0.3, -0.25) is 0 Å². The third-order valence-electron chi connectivity index (χ3n) is 6.47. The summed E-state index contributed by atoms with van der Waals surface area (Å²) in [5, 5.41) is 112. The minimum atomic E-state index is -2.85. The molecule has 3 heterocycles. The lowest BCUT2D eigenvalue weighted by Crippen LogP contribution is -2.78. The van der Waals surface area contributed by atoms with Crippen molar-refractivity contribution in [2.45, 2.75) is 98.4 Å². The van der Waals surface area contributed by atoms with Crippen LogP contribution in [-0.2, 0) is 18.9 Å². The van der Waals surface area contributed by atoms with Gasteiger partial charge in [-0.2, -0.15) is 0 Å². The molecule has 0 aliphatic carbocycles. The normalized spacial score (nSPS) is 56.0. The van der Waals surface area contributed by atoms with Crippen molar-refractivity contribution in [3.8, 4) is 0 Å². The van der Waals surface area contributed by atoms with E-state index in [1.807, 2.05) is 0 Å². The number of aliphatic hydroxyl groups excluding tert-OH is 10. The predicted molar refractivity (Wildman–Crippen MR) is 99.9 cm³/mol. The monoisotopic (exact) mass is 488 g/mol. The van der Waals surface area contributed by atoms with E-state index in [0.717, 1.165) is 0 Å². The first kappa shape index (κ1) is 27.0. The fraction of sp³-hybridized carbons (Fsp3) is 1.00. The van der Waals surface area contributed by atoms with Gasteiger partial charge in [0.2, 0.25) is 0 Å². The molecule has 3 aliphatic rings. The first-order valence-electron chi connectivity index (χ1n) is 10.4. The van der Waals surface area contributed by atoms with E-state index in [0.29, 0.717) is 0 Å². The van der Waals surface area contributed by atoms with Crippen molar-refractivity contribution in [3.63, 3.8) is 0 Å². The molecule has 0 spiro atoms. The van der Waals surface area contributed by atoms with Crippen molar-refractivity contribution in [1.29, 1.82) is 0 Å². The topological polar surface area (TPSA) is 259 Å². The molecule has 3 saturated heterocycles. The summed E-state index contributed by atoms with van der Waals surface area (Å²) >= 11 is 0. The zero-order chi connectivity index (χ0) is 24.8. The van der Waals surface area contributed by atoms with E-state index in [9.17, 15) is 56.2 Å². The van der Waals surface area contributed by atoms with Gasteiger partial charge in [-0.05, 0) is 6.92 Å². The first-order chi connectivity index (χ1) is 15.4. The minimum Gasteiger partial charge on any atom is -0.394 e. The summed E-state index contributed by atoms with van der Waals surface area (Å²) in [6.45, 7) is -0.431. The Morgan fingerprint density at radius 2 is 1.27 bits per heavy atom. The highest BCUT2D eigenvalue weighted by Gasteiger charge is 2.65. The Labute approximate surface area is 187 Å². The van der Waals surface area contributed by atoms with Gasteiger partial charge in [0.1, 0.15) is 67.1 Å². The second-order valence-electron chi connectivity index (χ2n) is 8.57. The standard InChI is InChI=1S/C18H32O15/c1-4-7(21)9(23)11(25)15(30-4)18(29)13(27)16(28)31-6(3-20)14(18)33-17-12(26)10(24)8(22)5(2-19)32-17/h4-17,19-29H,2-3H2,1H3/t4-,5+,6+,7+,8-,9+,10-,11-,12+,13-,14+,15-,16-,17-,18+/m0/s1. The Balaban J connectivity index is 1.98. The molecule has 0 radical (unpaired) electrons. The van der Waals surface area contributed by atoms with Gasteiger partial charge in [0.15, 0.2) is 18.2 Å². The van der Waals surface area contributed by atoms with Gasteiger partial charge >= 0.3 is 0 Å². The maximum absolute atomic E-state index is 11.5. The van der Waals surface area contributed by atoms with Crippen LogP contribution in [0.1, 0.15) is 6.92 Å². The molecule has 15 atom stereocenters. The molecule has 0 bridgehead atoms. The maximum atomic E-state index is 11.5. The van der Waals surface area contributed by atoms with Crippen LogP contribution >= 0.6 is 0 Å². The van der Waals surface area contributed by atoms with Gasteiger partial charge in [0.25, 0.3) is 0 Å². The highest BCUT2D eigenvalue weighted by Crippen LogP contribution is 2.41. The summed E-state index contributed by atoms with van der Waals surface area (Å²) in [6.07, 6.45) is -25.3. The van der Waals surface area contributed by atoms with E-state index < -0.39 is 105 Å². The Hall–Kier alpha value is -0.600. The average Bonchev–Trinajstić information content (AvgIpc) is 2.80. The fourth-order valence-corrected chi connectivity index (χ4v) is 4.44. The SMILES string of the molecule is C[C@@H]1O[C@H]([C@]2(O)[C@H](O[C@@H]3O[C@H](CO)[C@H](O)[C@H](O)[C@H]3O)[C@@H](CO)O[C@H](O)[C@@H]2O)[C@@H](O)[C@H](O)[C@@H]1O. The van der Waals surface area contributed by atoms with Gasteiger partial charge in [-0.25, -0.2) is 0 Å². The lowest BCUT2D eigenvalue weighted by Gasteiger charge is -2.55. The molecule has 0 amide bonds. The minimum absolute atomic E-state index is 0.799. The second-order valence-corrected chi connectivity index (χ2v) is 8.57. The Kier molecular flexibility index (Phi) is 8.32. The lowest BCUT2D eigenvalue weighted by molar-refractivity contribution is -0.400. The van der Waals surface area contributed by atoms with Crippen molar-refractivity contribution in [3.05, 3.63) is 0 Å². The highest BCUT2D eigenvalue weighted by atomic mass is 16.7. The third-order valence-corrected chi connectivity index (χ3v) is 6.47. The largest absolute Gasteiger partial charge is 0.394 e. The number of ether oxygens (including phenoxy) is 4. The van der Waals surface area contributed by atoms with E-state index in [1.54, 1.807) is 0 Å². The summed E-state index contributed by atoms with van der Waals surface area (Å²) in [6, 6.07) is 0. The summed E-state index contributed by atoms with van der Waals surface area (Å²) < 4.78 is 21.3. The van der Waals surface area contributed by atoms with Crippen molar-refractivity contribution < 1.29 is 75.1 Å². The fourth-order valence-electron chi connectivity index (χ4n) is 4.44. The first-order valence-corrected chi connectivity index (χ1v) is 10.4. The maximum Gasteiger partial charge on any atom is 0.187 e. The van der Waals surface area contributed by atoms with Crippen molar-refractivity contribution in [2.24, 2.45) is 0 Å². The molecule has 0 aromatic carbocycles. The number of hydrogen-bond donors (Lipinski definition) is 11. The van der Waals surface area contributed by atoms with Crippen LogP contribution in [0.3, 0.4) is 0 Å². The summed E-state index contributed by atoms with van der Waals surface area (Å²) in [4.78, 5) is 0. The number of hydrogen-bond acceptors (Lipinski definition) is 15. The van der Waals surface area contributed by atoms with Crippen LogP contribution < -0.4 is 0 Å². The third kappa shape index (κ3) is 4.53. The van der Waals surface area contributed by atoms with Crippen LogP contribution in [0.5, 0.6) is 0 Å². The van der Waals surface area contributed by atoms with Gasteiger partial charge in [-0.15, -0.1) is 0 Å². The molecule has 0 aromatic heterocycles. The number of rotatable bonds is 5. The average molecular weight is 488 g/mol. The summed E-state index contributed by atoms with van der Waals surface area (Å²) in [7, 11) is 0. The molecule has 3 aliphatic heterocycles. The smallest absolute Gasteiger partial charge is 0.187 e. The zero-order valence-corrected chi connectivity index (χ0v) is 17.5. The van der Waals surface area contributed by atoms with E-state index in [4.69, 9.17) is 18.9 Å². The van der Waals surface area contributed by atoms with Crippen LogP contribution in [0, 0.1) is 0 Å². The molecule has 11 N–H and O–H groups in total. The van der Waals surface area contributed by atoms with Crippen molar-refractivity contribution in [1.82, 2.24) is 0 Å². The van der Waals surface area contributed by atoms with Crippen molar-refractivity contribution in [2.75, 3.05) is 13.2 Å². The molecule has 33 heavy (non-hydrogen) atoms.